The van der Waals surface area contributed by atoms with E-state index in [0.29, 0.717) is 21.4 Å². The number of halogens is 4. The van der Waals surface area contributed by atoms with Crippen LogP contribution >= 0.6 is 46.4 Å². The molecule has 4 saturated carbocycles. The lowest BCUT2D eigenvalue weighted by atomic mass is 9.41. The molecule has 0 N–H and O–H groups in total. The number of carbonyl (C=O) groups excluding carboxylic acids is 2. The molecule has 18 atom stereocenters. The van der Waals surface area contributed by atoms with Gasteiger partial charge in [0.15, 0.2) is 0 Å². The first-order valence-electron chi connectivity index (χ1n) is 22.5. The van der Waals surface area contributed by atoms with Crippen LogP contribution in [-0.2, 0) is 44.6 Å². The zero-order valence-corrected chi connectivity index (χ0v) is 38.8. The van der Waals surface area contributed by atoms with E-state index in [1.165, 1.54) is 33.3 Å². The molecule has 9 fully saturated rings. The minimum absolute atomic E-state index is 0.00221. The standard InChI is InChI=1S/C49H41Cl4N5O8/c1-61-48(62-2)44(50)28-29(45(48,51)33-32(44)54-24-13-7-8-14-25(24)55-33)37-43-39-31-30(46(52)34-35(47(31,53)49(46,63-3)64-4)57-27-16-10-9-15-26(27)56-34)38(66-39)42(43,36(28)65-37)40(59)58(41(43)60)20-21-17-18-22-11-5-6-12-23(22)19-21/h5-19,28-39H,20H2,1-4H3/t28?,29?,30?,31?,32?,33?,34?,35?,36-,37+,38+,39-,42?,43?,44+,45-,46-,47+. The second-order valence-corrected chi connectivity index (χ2v) is 22.6. The predicted octanol–water partition coefficient (Wildman–Crippen LogP) is 3.03. The lowest BCUT2D eigenvalue weighted by Gasteiger charge is -2.57. The highest BCUT2D eigenvalue weighted by atomic mass is 35.5. The van der Waals surface area contributed by atoms with Crippen molar-refractivity contribution >= 4 is 69.0 Å². The summed E-state index contributed by atoms with van der Waals surface area (Å²) < 4.78 is 40.9. The third kappa shape index (κ3) is 3.48. The summed E-state index contributed by atoms with van der Waals surface area (Å²) in [6, 6.07) is 26.0. The second kappa shape index (κ2) is 12.0. The molecule has 13 nitrogen and oxygen atoms in total. The van der Waals surface area contributed by atoms with Gasteiger partial charge in [-0.05, 0) is 46.7 Å². The van der Waals surface area contributed by atoms with Gasteiger partial charge in [0.25, 0.3) is 0 Å². The van der Waals surface area contributed by atoms with Crippen LogP contribution in [0, 0.1) is 34.5 Å². The molecule has 4 aromatic carbocycles. The van der Waals surface area contributed by atoms with Gasteiger partial charge in [-0.2, -0.15) is 0 Å². The fraction of sp³-hybridized carbons (Fsp3) is 0.510. The Morgan fingerprint density at radius 3 is 1.18 bits per heavy atom. The molecule has 11 aliphatic rings. The summed E-state index contributed by atoms with van der Waals surface area (Å²) in [5.74, 6) is -7.36. The SMILES string of the molecule is COC1(OC)[C@@]2(Cl)C3N=c4ccccc4=NC3[C@]1(Cl)C1C2[C@H]2O[C@@H]1C13C(=O)N(Cc4ccc5ccccc5c4)C(=O)C21[C@H]1O[C@@H]3C2C1[C@@]1(Cl)C3N=c4ccccc4=NC3[C@]2(Cl)C1(OC)OC. The third-order valence-electron chi connectivity index (χ3n) is 18.8. The number of benzene rings is 4. The summed E-state index contributed by atoms with van der Waals surface area (Å²) in [6.07, 6.45) is -4.25. The maximum Gasteiger partial charge on any atom is 0.242 e. The number of fused-ring (bicyclic) bond motifs is 27. The maximum absolute atomic E-state index is 16.5. The normalized spacial score (nSPS) is 48.4. The van der Waals surface area contributed by atoms with E-state index in [0.717, 1.165) is 16.3 Å². The van der Waals surface area contributed by atoms with E-state index in [4.69, 9.17) is 94.8 Å². The molecule has 5 saturated heterocycles. The fourth-order valence-corrected chi connectivity index (χ4v) is 20.2. The number of likely N-dealkylation sites (tertiary alicyclic amines) is 1. The van der Waals surface area contributed by atoms with Crippen molar-refractivity contribution in [2.75, 3.05) is 28.4 Å². The zero-order chi connectivity index (χ0) is 45.1. The van der Waals surface area contributed by atoms with E-state index in [-0.39, 0.29) is 6.54 Å². The van der Waals surface area contributed by atoms with Crippen LogP contribution in [0.4, 0.5) is 0 Å². The average molecular weight is 970 g/mol. The summed E-state index contributed by atoms with van der Waals surface area (Å²) in [4.78, 5) is 49.2. The number of nitrogens with zero attached hydrogens (tertiary/aromatic N) is 5. The van der Waals surface area contributed by atoms with Crippen LogP contribution in [0.15, 0.2) is 111 Å². The van der Waals surface area contributed by atoms with Gasteiger partial charge in [0.1, 0.15) is 30.3 Å². The van der Waals surface area contributed by atoms with Crippen LogP contribution in [0.5, 0.6) is 0 Å². The minimum atomic E-state index is -1.71. The van der Waals surface area contributed by atoms with Crippen molar-refractivity contribution < 1.29 is 38.0 Å². The molecule has 338 valence electrons. The first-order valence-corrected chi connectivity index (χ1v) is 24.0. The minimum Gasteiger partial charge on any atom is -0.372 e. The Balaban J connectivity index is 0.987. The first kappa shape index (κ1) is 40.3. The number of alkyl halides is 4. The molecule has 4 aliphatic carbocycles. The Labute approximate surface area is 397 Å². The van der Waals surface area contributed by atoms with Gasteiger partial charge in [-0.15, -0.1) is 46.4 Å². The van der Waals surface area contributed by atoms with E-state index < -0.39 is 126 Å². The van der Waals surface area contributed by atoms with Crippen LogP contribution in [-0.4, -0.2) is 125 Å². The number of rotatable bonds is 6. The van der Waals surface area contributed by atoms with Crippen LogP contribution in [0.1, 0.15) is 5.56 Å². The molecule has 15 rings (SSSR count). The van der Waals surface area contributed by atoms with Crippen LogP contribution in [0.2, 0.25) is 0 Å². The summed E-state index contributed by atoms with van der Waals surface area (Å²) in [5.41, 5.74) is -2.61. The number of ether oxygens (including phenoxy) is 6. The maximum atomic E-state index is 16.5. The Kier molecular flexibility index (Phi) is 7.35. The number of hydrogen-bond donors (Lipinski definition) is 0. The molecule has 4 aromatic rings. The molecule has 7 heterocycles. The van der Waals surface area contributed by atoms with Crippen LogP contribution in [0.25, 0.3) is 10.8 Å². The van der Waals surface area contributed by atoms with Gasteiger partial charge in [-0.25, -0.2) is 0 Å². The number of carbonyl (C=O) groups is 2. The second-order valence-electron chi connectivity index (χ2n) is 20.1. The Bertz CT molecular complexity index is 2920. The Morgan fingerprint density at radius 1 is 0.500 bits per heavy atom. The summed E-state index contributed by atoms with van der Waals surface area (Å²) in [5, 5.41) is 4.60. The molecule has 66 heavy (non-hydrogen) atoms. The van der Waals surface area contributed by atoms with Crippen LogP contribution < -0.4 is 21.4 Å². The lowest BCUT2D eigenvalue weighted by molar-refractivity contribution is -0.236. The molecule has 0 spiro atoms. The predicted molar refractivity (Wildman–Crippen MR) is 236 cm³/mol. The summed E-state index contributed by atoms with van der Waals surface area (Å²) in [7, 11) is 6.10. The lowest BCUT2D eigenvalue weighted by Crippen LogP contribution is -2.74. The monoisotopic (exact) mass is 967 g/mol. The molecule has 2 amide bonds. The number of imide groups is 1. The van der Waals surface area contributed by atoms with Crippen molar-refractivity contribution in [3.8, 4) is 0 Å². The van der Waals surface area contributed by atoms with Crippen molar-refractivity contribution in [2.24, 2.45) is 54.5 Å². The number of methoxy groups -OCH3 is 4. The molecule has 8 bridgehead atoms. The van der Waals surface area contributed by atoms with Crippen molar-refractivity contribution in [3.05, 3.63) is 118 Å². The number of hydrogen-bond acceptors (Lipinski definition) is 12. The number of para-hydroxylation sites is 4. The largest absolute Gasteiger partial charge is 0.372 e. The molecule has 0 aromatic heterocycles. The third-order valence-corrected chi connectivity index (χ3v) is 21.7. The fourth-order valence-electron chi connectivity index (χ4n) is 17.2. The zero-order valence-electron chi connectivity index (χ0n) is 35.8. The van der Waals surface area contributed by atoms with E-state index in [1.54, 1.807) is 0 Å². The van der Waals surface area contributed by atoms with Crippen molar-refractivity contribution in [1.29, 1.82) is 0 Å². The van der Waals surface area contributed by atoms with Crippen molar-refractivity contribution in [1.82, 2.24) is 4.90 Å². The molecule has 17 heteroatoms. The molecular formula is C49H41Cl4N5O8. The van der Waals surface area contributed by atoms with Gasteiger partial charge < -0.3 is 28.4 Å². The highest BCUT2D eigenvalue weighted by molar-refractivity contribution is 6.34. The Morgan fingerprint density at radius 2 is 0.833 bits per heavy atom. The average Bonchev–Trinajstić information content (AvgIpc) is 4.20. The Hall–Kier alpha value is -3.60. The van der Waals surface area contributed by atoms with Crippen molar-refractivity contribution in [2.45, 2.75) is 86.2 Å². The van der Waals surface area contributed by atoms with Gasteiger partial charge in [0.2, 0.25) is 23.4 Å². The van der Waals surface area contributed by atoms with Crippen molar-refractivity contribution in [3.63, 3.8) is 0 Å². The van der Waals surface area contributed by atoms with Gasteiger partial charge in [-0.3, -0.25) is 34.5 Å². The van der Waals surface area contributed by atoms with Gasteiger partial charge in [0, 0.05) is 52.1 Å². The highest BCUT2D eigenvalue weighted by Gasteiger charge is 3.07. The van der Waals surface area contributed by atoms with E-state index in [1.807, 2.05) is 91.0 Å². The molecule has 0 radical (unpaired) electrons. The van der Waals surface area contributed by atoms with E-state index in [9.17, 15) is 0 Å². The first-order chi connectivity index (χ1) is 31.8. The number of amides is 2. The van der Waals surface area contributed by atoms with Gasteiger partial charge in [0.05, 0.1) is 76.6 Å². The summed E-state index contributed by atoms with van der Waals surface area (Å²) >= 11 is 33.4. The molecule has 7 aliphatic heterocycles. The highest BCUT2D eigenvalue weighted by Crippen LogP contribution is 2.90. The molecular weight excluding hydrogens is 928 g/mol. The van der Waals surface area contributed by atoms with E-state index >= 15 is 9.59 Å². The molecule has 10 unspecified atom stereocenters. The topological polar surface area (TPSA) is 142 Å². The summed E-state index contributed by atoms with van der Waals surface area (Å²) in [6.45, 7) is 0.00221. The smallest absolute Gasteiger partial charge is 0.242 e. The quantitative estimate of drug-likeness (QED) is 0.163. The van der Waals surface area contributed by atoms with Gasteiger partial charge >= 0.3 is 0 Å². The van der Waals surface area contributed by atoms with Crippen LogP contribution in [0.3, 0.4) is 0 Å². The van der Waals surface area contributed by atoms with E-state index in [2.05, 4.69) is 0 Å². The van der Waals surface area contributed by atoms with Gasteiger partial charge in [-0.1, -0.05) is 60.7 Å².